The average Bonchev–Trinajstić information content (AvgIpc) is 2.50. The highest BCUT2D eigenvalue weighted by molar-refractivity contribution is 7.89. The van der Waals surface area contributed by atoms with Crippen molar-refractivity contribution < 1.29 is 13.2 Å². The summed E-state index contributed by atoms with van der Waals surface area (Å²) in [5, 5.41) is 0. The van der Waals surface area contributed by atoms with E-state index in [1.54, 1.807) is 18.2 Å². The first kappa shape index (κ1) is 18.1. The van der Waals surface area contributed by atoms with Gasteiger partial charge in [0.1, 0.15) is 0 Å². The number of hydrogen-bond acceptors (Lipinski definition) is 4. The molecule has 0 amide bonds. The van der Waals surface area contributed by atoms with Crippen LogP contribution in [0.3, 0.4) is 0 Å². The van der Waals surface area contributed by atoms with E-state index in [9.17, 15) is 8.42 Å². The van der Waals surface area contributed by atoms with E-state index in [-0.39, 0.29) is 6.04 Å². The van der Waals surface area contributed by atoms with Crippen LogP contribution in [0.15, 0.2) is 29.2 Å². The lowest BCUT2D eigenvalue weighted by Gasteiger charge is -2.21. The molecule has 0 saturated carbocycles. The van der Waals surface area contributed by atoms with E-state index < -0.39 is 10.0 Å². The van der Waals surface area contributed by atoms with Crippen LogP contribution in [0.1, 0.15) is 38.8 Å². The van der Waals surface area contributed by atoms with E-state index in [4.69, 9.17) is 10.5 Å². The zero-order valence-electron chi connectivity index (χ0n) is 13.1. The number of nitrogens with two attached hydrogens (primary N) is 1. The van der Waals surface area contributed by atoms with Crippen LogP contribution < -0.4 is 5.73 Å². The monoisotopic (exact) mass is 314 g/mol. The Morgan fingerprint density at radius 1 is 1.29 bits per heavy atom. The second kappa shape index (κ2) is 8.48. The average molecular weight is 314 g/mol. The predicted octanol–water partition coefficient (Wildman–Crippen LogP) is 2.14. The largest absolute Gasteiger partial charge is 0.380 e. The second-order valence-electron chi connectivity index (χ2n) is 4.78. The van der Waals surface area contributed by atoms with Gasteiger partial charge in [-0.3, -0.25) is 0 Å². The zero-order valence-corrected chi connectivity index (χ0v) is 13.9. The van der Waals surface area contributed by atoms with Crippen molar-refractivity contribution in [3.8, 4) is 0 Å². The number of hydrogen-bond donors (Lipinski definition) is 1. The van der Waals surface area contributed by atoms with Gasteiger partial charge in [0.2, 0.25) is 10.0 Å². The van der Waals surface area contributed by atoms with Crippen LogP contribution in [0.2, 0.25) is 0 Å². The van der Waals surface area contributed by atoms with Crippen molar-refractivity contribution in [1.29, 1.82) is 0 Å². The number of rotatable bonds is 9. The molecule has 5 nitrogen and oxygen atoms in total. The van der Waals surface area contributed by atoms with Crippen molar-refractivity contribution in [2.45, 2.75) is 38.1 Å². The molecule has 0 radical (unpaired) electrons. The minimum atomic E-state index is -3.50. The first-order valence-electron chi connectivity index (χ1n) is 7.40. The third kappa shape index (κ3) is 4.78. The molecule has 0 aliphatic carbocycles. The van der Waals surface area contributed by atoms with Crippen molar-refractivity contribution in [3.05, 3.63) is 29.8 Å². The fourth-order valence-electron chi connectivity index (χ4n) is 2.05. The Morgan fingerprint density at radius 3 is 2.57 bits per heavy atom. The number of ether oxygens (including phenoxy) is 1. The minimum absolute atomic E-state index is 0.140. The van der Waals surface area contributed by atoms with Crippen molar-refractivity contribution in [3.63, 3.8) is 0 Å². The molecule has 0 aliphatic rings. The summed E-state index contributed by atoms with van der Waals surface area (Å²) in [7, 11) is -3.50. The summed E-state index contributed by atoms with van der Waals surface area (Å²) in [5.41, 5.74) is 6.83. The molecule has 1 unspecified atom stereocenters. The first-order valence-corrected chi connectivity index (χ1v) is 8.84. The van der Waals surface area contributed by atoms with Gasteiger partial charge in [0.25, 0.3) is 0 Å². The van der Waals surface area contributed by atoms with E-state index >= 15 is 0 Å². The van der Waals surface area contributed by atoms with E-state index in [1.807, 2.05) is 26.8 Å². The van der Waals surface area contributed by atoms with Crippen molar-refractivity contribution >= 4 is 10.0 Å². The number of nitrogens with zero attached hydrogens (tertiary/aromatic N) is 1. The molecule has 120 valence electrons. The summed E-state index contributed by atoms with van der Waals surface area (Å²) in [5.74, 6) is 0. The molecule has 0 fully saturated rings. The molecule has 0 heterocycles. The van der Waals surface area contributed by atoms with Crippen LogP contribution in [0.4, 0.5) is 0 Å². The third-order valence-electron chi connectivity index (χ3n) is 3.41. The summed E-state index contributed by atoms with van der Waals surface area (Å²) in [6.07, 6.45) is 0.769. The molecule has 1 rings (SSSR count). The lowest BCUT2D eigenvalue weighted by atomic mass is 10.1. The maximum absolute atomic E-state index is 12.7. The van der Waals surface area contributed by atoms with Crippen LogP contribution >= 0.6 is 0 Å². The maximum atomic E-state index is 12.7. The van der Waals surface area contributed by atoms with Crippen molar-refractivity contribution in [2.24, 2.45) is 5.73 Å². The van der Waals surface area contributed by atoms with Crippen molar-refractivity contribution in [2.75, 3.05) is 26.3 Å². The Balaban J connectivity index is 2.99. The molecule has 0 bridgehead atoms. The van der Waals surface area contributed by atoms with Gasteiger partial charge in [-0.2, -0.15) is 4.31 Å². The molecular formula is C15H26N2O3S. The SMILES string of the molecule is CCOCCN(CC)S(=O)(=O)c1cccc(C(N)CC)c1. The summed E-state index contributed by atoms with van der Waals surface area (Å²) in [6.45, 7) is 7.45. The van der Waals surface area contributed by atoms with Gasteiger partial charge in [0, 0.05) is 25.7 Å². The molecule has 1 atom stereocenters. The van der Waals surface area contributed by atoms with E-state index in [0.29, 0.717) is 31.2 Å². The highest BCUT2D eigenvalue weighted by Gasteiger charge is 2.23. The first-order chi connectivity index (χ1) is 9.97. The fourth-order valence-corrected chi connectivity index (χ4v) is 3.54. The van der Waals surface area contributed by atoms with Gasteiger partial charge in [0.15, 0.2) is 0 Å². The molecule has 0 aromatic heterocycles. The predicted molar refractivity (Wildman–Crippen MR) is 84.6 cm³/mol. The minimum Gasteiger partial charge on any atom is -0.380 e. The van der Waals surface area contributed by atoms with Gasteiger partial charge in [-0.05, 0) is 31.0 Å². The van der Waals surface area contributed by atoms with Crippen molar-refractivity contribution in [1.82, 2.24) is 4.31 Å². The fraction of sp³-hybridized carbons (Fsp3) is 0.600. The lowest BCUT2D eigenvalue weighted by Crippen LogP contribution is -2.34. The molecular weight excluding hydrogens is 288 g/mol. The Labute approximate surface area is 128 Å². The van der Waals surface area contributed by atoms with E-state index in [0.717, 1.165) is 12.0 Å². The number of likely N-dealkylation sites (N-methyl/N-ethyl adjacent to an activating group) is 1. The molecule has 21 heavy (non-hydrogen) atoms. The van der Waals surface area contributed by atoms with Crippen LogP contribution in [0, 0.1) is 0 Å². The molecule has 0 aliphatic heterocycles. The van der Waals surface area contributed by atoms with Crippen LogP contribution in [0.5, 0.6) is 0 Å². The van der Waals surface area contributed by atoms with E-state index in [2.05, 4.69) is 0 Å². The van der Waals surface area contributed by atoms with E-state index in [1.165, 1.54) is 4.31 Å². The van der Waals surface area contributed by atoms with Gasteiger partial charge < -0.3 is 10.5 Å². The number of benzene rings is 1. The third-order valence-corrected chi connectivity index (χ3v) is 5.38. The second-order valence-corrected chi connectivity index (χ2v) is 6.72. The Hall–Kier alpha value is -0.950. The standard InChI is InChI=1S/C15H26N2O3S/c1-4-15(16)13-8-7-9-14(12-13)21(18,19)17(5-2)10-11-20-6-3/h7-9,12,15H,4-6,10-11,16H2,1-3H3. The van der Waals surface area contributed by atoms with Gasteiger partial charge >= 0.3 is 0 Å². The topological polar surface area (TPSA) is 72.6 Å². The van der Waals surface area contributed by atoms with Gasteiger partial charge in [-0.25, -0.2) is 8.42 Å². The van der Waals surface area contributed by atoms with Gasteiger partial charge in [0.05, 0.1) is 11.5 Å². The van der Waals surface area contributed by atoms with Gasteiger partial charge in [-0.1, -0.05) is 26.0 Å². The highest BCUT2D eigenvalue weighted by Crippen LogP contribution is 2.21. The molecule has 1 aromatic rings. The normalized spacial score (nSPS) is 13.6. The quantitative estimate of drug-likeness (QED) is 0.709. The summed E-state index contributed by atoms with van der Waals surface area (Å²) in [6, 6.07) is 6.76. The molecule has 1 aromatic carbocycles. The number of sulfonamides is 1. The van der Waals surface area contributed by atoms with Crippen LogP contribution in [0.25, 0.3) is 0 Å². The smallest absolute Gasteiger partial charge is 0.243 e. The zero-order chi connectivity index (χ0) is 15.9. The molecule has 6 heteroatoms. The van der Waals surface area contributed by atoms with Crippen LogP contribution in [-0.2, 0) is 14.8 Å². The summed E-state index contributed by atoms with van der Waals surface area (Å²) >= 11 is 0. The Morgan fingerprint density at radius 2 is 2.00 bits per heavy atom. The van der Waals surface area contributed by atoms with Crippen LogP contribution in [-0.4, -0.2) is 39.0 Å². The highest BCUT2D eigenvalue weighted by atomic mass is 32.2. The van der Waals surface area contributed by atoms with Gasteiger partial charge in [-0.15, -0.1) is 0 Å². The molecule has 0 spiro atoms. The Kier molecular flexibility index (Phi) is 7.31. The summed E-state index contributed by atoms with van der Waals surface area (Å²) in [4.78, 5) is 0.294. The lowest BCUT2D eigenvalue weighted by molar-refractivity contribution is 0.135. The molecule has 0 saturated heterocycles. The molecule has 2 N–H and O–H groups in total. The summed E-state index contributed by atoms with van der Waals surface area (Å²) < 4.78 is 32.0. The Bertz CT molecular complexity index is 531. The maximum Gasteiger partial charge on any atom is 0.243 e.